The third-order valence-corrected chi connectivity index (χ3v) is 4.79. The fourth-order valence-corrected chi connectivity index (χ4v) is 3.44. The summed E-state index contributed by atoms with van der Waals surface area (Å²) in [5.41, 5.74) is 5.00. The molecule has 0 aliphatic heterocycles. The first-order valence-corrected chi connectivity index (χ1v) is 9.59. The van der Waals surface area contributed by atoms with Gasteiger partial charge in [0.05, 0.1) is 11.4 Å². The van der Waals surface area contributed by atoms with Gasteiger partial charge in [-0.2, -0.15) is 0 Å². The first-order valence-electron chi connectivity index (χ1n) is 8.61. The lowest BCUT2D eigenvalue weighted by Crippen LogP contribution is -1.94. The molecule has 0 saturated heterocycles. The van der Waals surface area contributed by atoms with Gasteiger partial charge >= 0.3 is 0 Å². The predicted molar refractivity (Wildman–Crippen MR) is 106 cm³/mol. The summed E-state index contributed by atoms with van der Waals surface area (Å²) >= 11 is 1.49. The van der Waals surface area contributed by atoms with Gasteiger partial charge in [0.1, 0.15) is 0 Å². The minimum atomic E-state index is 0.524. The van der Waals surface area contributed by atoms with Crippen LogP contribution in [0.15, 0.2) is 70.2 Å². The van der Waals surface area contributed by atoms with E-state index in [0.717, 1.165) is 28.1 Å². The number of aromatic nitrogens is 4. The van der Waals surface area contributed by atoms with Crippen LogP contribution in [0.25, 0.3) is 22.7 Å². The van der Waals surface area contributed by atoms with E-state index in [-0.39, 0.29) is 0 Å². The zero-order valence-electron chi connectivity index (χ0n) is 15.1. The first kappa shape index (κ1) is 17.4. The van der Waals surface area contributed by atoms with Crippen molar-refractivity contribution in [2.75, 3.05) is 0 Å². The van der Waals surface area contributed by atoms with Gasteiger partial charge in [0, 0.05) is 16.8 Å². The maximum atomic E-state index is 5.79. The van der Waals surface area contributed by atoms with Gasteiger partial charge in [-0.1, -0.05) is 59.8 Å². The van der Waals surface area contributed by atoms with Crippen LogP contribution in [0.5, 0.6) is 0 Å². The van der Waals surface area contributed by atoms with Crippen LogP contribution in [0.3, 0.4) is 0 Å². The maximum Gasteiger partial charge on any atom is 0.247 e. The molecule has 0 N–H and O–H groups in total. The van der Waals surface area contributed by atoms with Gasteiger partial charge in [-0.15, -0.1) is 10.2 Å². The largest absolute Gasteiger partial charge is 0.420 e. The Balaban J connectivity index is 1.50. The van der Waals surface area contributed by atoms with Gasteiger partial charge in [-0.05, 0) is 32.0 Å². The number of thioether (sulfide) groups is 1. The molecule has 0 atom stereocenters. The van der Waals surface area contributed by atoms with Crippen molar-refractivity contribution in [3.63, 3.8) is 0 Å². The number of benzene rings is 2. The lowest BCUT2D eigenvalue weighted by Gasteiger charge is -2.05. The van der Waals surface area contributed by atoms with Crippen molar-refractivity contribution >= 4 is 11.8 Å². The van der Waals surface area contributed by atoms with Crippen molar-refractivity contribution in [2.45, 2.75) is 24.8 Å². The molecule has 0 aliphatic rings. The van der Waals surface area contributed by atoms with Crippen molar-refractivity contribution in [3.8, 4) is 22.7 Å². The molecule has 5 nitrogen and oxygen atoms in total. The van der Waals surface area contributed by atoms with E-state index in [4.69, 9.17) is 4.42 Å². The summed E-state index contributed by atoms with van der Waals surface area (Å²) in [6.45, 7) is 4.01. The molecule has 0 saturated carbocycles. The van der Waals surface area contributed by atoms with Crippen LogP contribution in [0, 0.1) is 13.8 Å². The van der Waals surface area contributed by atoms with Crippen molar-refractivity contribution < 1.29 is 4.42 Å². The van der Waals surface area contributed by atoms with Crippen LogP contribution in [0.2, 0.25) is 0 Å². The molecule has 27 heavy (non-hydrogen) atoms. The van der Waals surface area contributed by atoms with Gasteiger partial charge in [-0.3, -0.25) is 0 Å². The summed E-state index contributed by atoms with van der Waals surface area (Å²) in [5.74, 6) is 1.61. The van der Waals surface area contributed by atoms with Crippen molar-refractivity contribution in [2.24, 2.45) is 0 Å². The molecule has 0 unspecified atom stereocenters. The van der Waals surface area contributed by atoms with Crippen molar-refractivity contribution in [3.05, 3.63) is 77.8 Å². The van der Waals surface area contributed by atoms with E-state index in [1.807, 2.05) is 74.5 Å². The molecule has 2 aromatic heterocycles. The number of rotatable bonds is 5. The lowest BCUT2D eigenvalue weighted by atomic mass is 10.1. The highest BCUT2D eigenvalue weighted by molar-refractivity contribution is 7.98. The fraction of sp³-hybridized carbons (Fsp3) is 0.143. The zero-order valence-corrected chi connectivity index (χ0v) is 15.9. The minimum Gasteiger partial charge on any atom is -0.420 e. The van der Waals surface area contributed by atoms with Crippen molar-refractivity contribution in [1.82, 2.24) is 20.2 Å². The van der Waals surface area contributed by atoms with Crippen LogP contribution in [-0.2, 0) is 5.75 Å². The Bertz CT molecular complexity index is 1060. The van der Waals surface area contributed by atoms with E-state index in [1.54, 1.807) is 0 Å². The van der Waals surface area contributed by atoms with Crippen LogP contribution in [0.1, 0.15) is 17.1 Å². The summed E-state index contributed by atoms with van der Waals surface area (Å²) in [6.07, 6.45) is 0. The van der Waals surface area contributed by atoms with Gasteiger partial charge in [0.2, 0.25) is 11.8 Å². The van der Waals surface area contributed by atoms with Crippen LogP contribution < -0.4 is 0 Å². The molecule has 2 aromatic carbocycles. The van der Waals surface area contributed by atoms with Crippen LogP contribution in [-0.4, -0.2) is 20.2 Å². The Labute approximate surface area is 161 Å². The summed E-state index contributed by atoms with van der Waals surface area (Å²) in [7, 11) is 0. The quantitative estimate of drug-likeness (QED) is 0.357. The molecule has 0 radical (unpaired) electrons. The summed E-state index contributed by atoms with van der Waals surface area (Å²) < 4.78 is 5.79. The van der Waals surface area contributed by atoms with E-state index >= 15 is 0 Å². The monoisotopic (exact) mass is 374 g/mol. The molecular weight excluding hydrogens is 356 g/mol. The Morgan fingerprint density at radius 1 is 0.852 bits per heavy atom. The summed E-state index contributed by atoms with van der Waals surface area (Å²) in [5, 5.41) is 9.00. The SMILES string of the molecule is Cc1cccc(-c2nnc(CSc3nc(C)cc(-c4ccccc4)n3)o2)c1. The van der Waals surface area contributed by atoms with Gasteiger partial charge in [0.15, 0.2) is 5.16 Å². The third-order valence-electron chi connectivity index (χ3n) is 3.96. The van der Waals surface area contributed by atoms with E-state index in [0.29, 0.717) is 22.7 Å². The minimum absolute atomic E-state index is 0.524. The Morgan fingerprint density at radius 3 is 2.48 bits per heavy atom. The highest BCUT2D eigenvalue weighted by atomic mass is 32.2. The molecule has 0 spiro atoms. The number of nitrogens with zero attached hydrogens (tertiary/aromatic N) is 4. The lowest BCUT2D eigenvalue weighted by molar-refractivity contribution is 0.528. The third kappa shape index (κ3) is 4.23. The van der Waals surface area contributed by atoms with Gasteiger partial charge < -0.3 is 4.42 Å². The molecular formula is C21H18N4OS. The zero-order chi connectivity index (χ0) is 18.6. The normalized spacial score (nSPS) is 10.9. The molecule has 4 aromatic rings. The molecule has 134 valence electrons. The average molecular weight is 374 g/mol. The van der Waals surface area contributed by atoms with E-state index in [9.17, 15) is 0 Å². The standard InChI is InChI=1S/C21H18N4OS/c1-14-7-6-10-17(11-14)20-25-24-19(26-20)13-27-21-22-15(2)12-18(23-21)16-8-4-3-5-9-16/h3-12H,13H2,1-2H3. The van der Waals surface area contributed by atoms with Crippen molar-refractivity contribution in [1.29, 1.82) is 0 Å². The second-order valence-electron chi connectivity index (χ2n) is 6.20. The van der Waals surface area contributed by atoms with E-state index < -0.39 is 0 Å². The molecule has 0 fully saturated rings. The number of aryl methyl sites for hydroxylation is 2. The maximum absolute atomic E-state index is 5.79. The van der Waals surface area contributed by atoms with Crippen LogP contribution in [0.4, 0.5) is 0 Å². The smallest absolute Gasteiger partial charge is 0.247 e. The van der Waals surface area contributed by atoms with E-state index in [2.05, 4.69) is 20.2 Å². The molecule has 4 rings (SSSR count). The second-order valence-corrected chi connectivity index (χ2v) is 7.14. The average Bonchev–Trinajstić information content (AvgIpc) is 3.16. The Morgan fingerprint density at radius 2 is 1.67 bits per heavy atom. The fourth-order valence-electron chi connectivity index (χ4n) is 2.70. The van der Waals surface area contributed by atoms with E-state index in [1.165, 1.54) is 11.8 Å². The molecule has 6 heteroatoms. The topological polar surface area (TPSA) is 64.7 Å². The summed E-state index contributed by atoms with van der Waals surface area (Å²) in [6, 6.07) is 20.1. The van der Waals surface area contributed by atoms with Gasteiger partial charge in [-0.25, -0.2) is 9.97 Å². The second kappa shape index (κ2) is 7.72. The highest BCUT2D eigenvalue weighted by Gasteiger charge is 2.11. The molecule has 0 aliphatic carbocycles. The number of hydrogen-bond acceptors (Lipinski definition) is 6. The van der Waals surface area contributed by atoms with Gasteiger partial charge in [0.25, 0.3) is 0 Å². The first-order chi connectivity index (χ1) is 13.2. The molecule has 2 heterocycles. The molecule has 0 amide bonds. The number of hydrogen-bond donors (Lipinski definition) is 0. The predicted octanol–water partition coefficient (Wildman–Crippen LogP) is 5.10. The summed E-state index contributed by atoms with van der Waals surface area (Å²) in [4.78, 5) is 9.17. The Hall–Kier alpha value is -2.99. The Kier molecular flexibility index (Phi) is 4.98. The highest BCUT2D eigenvalue weighted by Crippen LogP contribution is 2.25. The molecule has 0 bridgehead atoms. The van der Waals surface area contributed by atoms with Crippen LogP contribution >= 0.6 is 11.8 Å².